The minimum atomic E-state index is 0.812. The van der Waals surface area contributed by atoms with Crippen LogP contribution in [0.1, 0.15) is 50.2 Å². The number of nitrogens with zero attached hydrogens (tertiary/aromatic N) is 1. The predicted octanol–water partition coefficient (Wildman–Crippen LogP) is 7.28. The summed E-state index contributed by atoms with van der Waals surface area (Å²) in [7, 11) is 4.72. The maximum atomic E-state index is 6.32. The van der Waals surface area contributed by atoms with Crippen LogP contribution in [0.5, 0.6) is 0 Å². The summed E-state index contributed by atoms with van der Waals surface area (Å²) < 4.78 is 1.09. The normalized spacial score (nSPS) is 14.9. The van der Waals surface area contributed by atoms with E-state index in [-0.39, 0.29) is 0 Å². The molecular weight excluding hydrogens is 370 g/mol. The molecule has 1 nitrogen and oxygen atoms in total. The first-order valence-electron chi connectivity index (χ1n) is 10.1. The Morgan fingerprint density at radius 3 is 2.52 bits per heavy atom. The number of benzene rings is 2. The highest BCUT2D eigenvalue weighted by Crippen LogP contribution is 2.46. The molecule has 0 saturated carbocycles. The van der Waals surface area contributed by atoms with Crippen LogP contribution in [0.15, 0.2) is 58.3 Å². The van der Waals surface area contributed by atoms with E-state index in [2.05, 4.69) is 63.5 Å². The lowest BCUT2D eigenvalue weighted by Gasteiger charge is -2.30. The van der Waals surface area contributed by atoms with Gasteiger partial charge >= 0.3 is 0 Å². The molecule has 27 heavy (non-hydrogen) atoms. The van der Waals surface area contributed by atoms with E-state index in [9.17, 15) is 0 Å². The van der Waals surface area contributed by atoms with Gasteiger partial charge < -0.3 is 4.48 Å². The van der Waals surface area contributed by atoms with Crippen LogP contribution < -0.4 is 0 Å². The molecule has 0 aliphatic carbocycles. The van der Waals surface area contributed by atoms with E-state index in [0.717, 1.165) is 15.9 Å². The summed E-state index contributed by atoms with van der Waals surface area (Å²) in [5, 5.41) is 0.812. The van der Waals surface area contributed by atoms with Crippen molar-refractivity contribution in [3.63, 3.8) is 0 Å². The van der Waals surface area contributed by atoms with Gasteiger partial charge in [-0.15, -0.1) is 0 Å². The lowest BCUT2D eigenvalue weighted by molar-refractivity contribution is -0.890. The van der Waals surface area contributed by atoms with E-state index in [0.29, 0.717) is 0 Å². The molecule has 0 saturated heterocycles. The molecule has 1 aliphatic heterocycles. The van der Waals surface area contributed by atoms with Crippen LogP contribution in [-0.2, 0) is 0 Å². The molecule has 1 heterocycles. The van der Waals surface area contributed by atoms with Gasteiger partial charge in [-0.25, -0.2) is 0 Å². The zero-order valence-electron chi connectivity index (χ0n) is 16.8. The topological polar surface area (TPSA) is 0 Å². The third-order valence-electron chi connectivity index (χ3n) is 5.33. The standard InChI is InChI=1S/C24H31ClNS/c1-4-5-6-9-16-26(2,3)17-10-12-20-21-11-7-8-13-23(21)27-24-15-14-19(25)18-22(20)24/h7-8,11-15,18H,4-6,9-10,16-17H2,1-3H3/q+1/b20-12-. The van der Waals surface area contributed by atoms with Gasteiger partial charge in [0.15, 0.2) is 0 Å². The van der Waals surface area contributed by atoms with E-state index >= 15 is 0 Å². The van der Waals surface area contributed by atoms with Crippen molar-refractivity contribution in [2.45, 2.75) is 48.8 Å². The Balaban J connectivity index is 1.76. The Labute approximate surface area is 174 Å². The minimum absolute atomic E-state index is 0.812. The second-order valence-corrected chi connectivity index (χ2v) is 9.61. The maximum Gasteiger partial charge on any atom is 0.0817 e. The summed E-state index contributed by atoms with van der Waals surface area (Å²) >= 11 is 8.17. The average molecular weight is 401 g/mol. The summed E-state index contributed by atoms with van der Waals surface area (Å²) in [6.45, 7) is 4.70. The number of hydrogen-bond acceptors (Lipinski definition) is 1. The van der Waals surface area contributed by atoms with Gasteiger partial charge in [0.25, 0.3) is 0 Å². The molecule has 0 bridgehead atoms. The fourth-order valence-corrected chi connectivity index (χ4v) is 4.96. The molecule has 3 heteroatoms. The molecule has 0 spiro atoms. The monoisotopic (exact) mass is 400 g/mol. The smallest absolute Gasteiger partial charge is 0.0817 e. The summed E-state index contributed by atoms with van der Waals surface area (Å²) in [5.41, 5.74) is 3.96. The van der Waals surface area contributed by atoms with E-state index in [4.69, 9.17) is 11.6 Å². The molecule has 2 aromatic carbocycles. The lowest BCUT2D eigenvalue weighted by atomic mass is 9.96. The molecular formula is C24H31ClNS+. The average Bonchev–Trinajstić information content (AvgIpc) is 2.65. The van der Waals surface area contributed by atoms with E-state index in [1.165, 1.54) is 65.3 Å². The minimum Gasteiger partial charge on any atom is -0.328 e. The Morgan fingerprint density at radius 2 is 1.70 bits per heavy atom. The number of halogens is 1. The molecule has 0 atom stereocenters. The molecule has 2 aromatic rings. The van der Waals surface area contributed by atoms with Gasteiger partial charge in [-0.2, -0.15) is 0 Å². The molecule has 0 radical (unpaired) electrons. The van der Waals surface area contributed by atoms with Crippen molar-refractivity contribution in [3.8, 4) is 0 Å². The van der Waals surface area contributed by atoms with E-state index < -0.39 is 0 Å². The molecule has 0 amide bonds. The van der Waals surface area contributed by atoms with Crippen molar-refractivity contribution in [3.05, 3.63) is 64.7 Å². The zero-order chi connectivity index (χ0) is 19.3. The molecule has 144 valence electrons. The van der Waals surface area contributed by atoms with Gasteiger partial charge in [0.05, 0.1) is 27.2 Å². The number of quaternary nitrogens is 1. The predicted molar refractivity (Wildman–Crippen MR) is 120 cm³/mol. The van der Waals surface area contributed by atoms with Crippen LogP contribution in [0.2, 0.25) is 5.02 Å². The maximum absolute atomic E-state index is 6.32. The highest BCUT2D eigenvalue weighted by molar-refractivity contribution is 7.99. The van der Waals surface area contributed by atoms with Crippen molar-refractivity contribution in [1.29, 1.82) is 0 Å². The molecule has 0 aromatic heterocycles. The van der Waals surface area contributed by atoms with Crippen LogP contribution in [0, 0.1) is 0 Å². The van der Waals surface area contributed by atoms with Crippen molar-refractivity contribution in [2.75, 3.05) is 27.2 Å². The van der Waals surface area contributed by atoms with E-state index in [1.807, 2.05) is 17.8 Å². The van der Waals surface area contributed by atoms with Crippen LogP contribution >= 0.6 is 23.4 Å². The van der Waals surface area contributed by atoms with Gasteiger partial charge in [0.1, 0.15) is 0 Å². The number of rotatable bonds is 8. The second-order valence-electron chi connectivity index (χ2n) is 8.09. The third-order valence-corrected chi connectivity index (χ3v) is 6.72. The van der Waals surface area contributed by atoms with Gasteiger partial charge in [-0.05, 0) is 53.8 Å². The van der Waals surface area contributed by atoms with Gasteiger partial charge in [0.2, 0.25) is 0 Å². The Bertz CT molecular complexity index is 810. The van der Waals surface area contributed by atoms with Crippen molar-refractivity contribution < 1.29 is 4.48 Å². The first kappa shape index (κ1) is 20.5. The van der Waals surface area contributed by atoms with Crippen molar-refractivity contribution in [2.24, 2.45) is 0 Å². The van der Waals surface area contributed by atoms with Gasteiger partial charge in [0, 0.05) is 21.2 Å². The number of hydrogen-bond donors (Lipinski definition) is 0. The lowest BCUT2D eigenvalue weighted by Crippen LogP contribution is -2.41. The summed E-state index contributed by atoms with van der Waals surface area (Å²) in [5.74, 6) is 0. The molecule has 0 N–H and O–H groups in total. The first-order valence-corrected chi connectivity index (χ1v) is 11.3. The first-order chi connectivity index (χ1) is 13.0. The van der Waals surface area contributed by atoms with Crippen LogP contribution in [-0.4, -0.2) is 31.7 Å². The highest BCUT2D eigenvalue weighted by atomic mass is 35.5. The molecule has 0 unspecified atom stereocenters. The Hall–Kier alpha value is -1.22. The van der Waals surface area contributed by atoms with Crippen molar-refractivity contribution >= 4 is 28.9 Å². The quantitative estimate of drug-likeness (QED) is 0.282. The summed E-state index contributed by atoms with van der Waals surface area (Å²) in [6, 6.07) is 15.0. The molecule has 0 fully saturated rings. The Morgan fingerprint density at radius 1 is 0.926 bits per heavy atom. The van der Waals surface area contributed by atoms with E-state index in [1.54, 1.807) is 0 Å². The van der Waals surface area contributed by atoms with Gasteiger partial charge in [-0.3, -0.25) is 0 Å². The largest absolute Gasteiger partial charge is 0.328 e. The fraction of sp³-hybridized carbons (Fsp3) is 0.417. The SMILES string of the molecule is CCCCCC[N+](C)(C)CC/C=C1/c2ccccc2Sc2ccc(Cl)cc21. The highest BCUT2D eigenvalue weighted by Gasteiger charge is 2.21. The van der Waals surface area contributed by atoms with Crippen LogP contribution in [0.3, 0.4) is 0 Å². The van der Waals surface area contributed by atoms with Crippen LogP contribution in [0.4, 0.5) is 0 Å². The Kier molecular flexibility index (Phi) is 7.08. The van der Waals surface area contributed by atoms with Crippen LogP contribution in [0.25, 0.3) is 5.57 Å². The molecule has 3 rings (SSSR count). The second kappa shape index (κ2) is 9.32. The molecule has 1 aliphatic rings. The summed E-state index contributed by atoms with van der Waals surface area (Å²) in [4.78, 5) is 2.64. The summed E-state index contributed by atoms with van der Waals surface area (Å²) in [6.07, 6.45) is 8.86. The fourth-order valence-electron chi connectivity index (χ4n) is 3.70. The number of fused-ring (bicyclic) bond motifs is 2. The van der Waals surface area contributed by atoms with Crippen molar-refractivity contribution in [1.82, 2.24) is 0 Å². The zero-order valence-corrected chi connectivity index (χ0v) is 18.4. The van der Waals surface area contributed by atoms with Gasteiger partial charge in [-0.1, -0.05) is 67.4 Å². The number of unbranched alkanes of at least 4 members (excludes halogenated alkanes) is 3. The third kappa shape index (κ3) is 5.40.